The summed E-state index contributed by atoms with van der Waals surface area (Å²) in [6, 6.07) is -0.648. The maximum absolute atomic E-state index is 12.4. The van der Waals surface area contributed by atoms with Crippen LogP contribution in [0.15, 0.2) is 24.3 Å². The smallest absolute Gasteiger partial charge is 0.305 e. The monoisotopic (exact) mass is 888 g/mol. The number of aliphatic hydroxyl groups is 2. The molecule has 0 fully saturated rings. The Balaban J connectivity index is 3.52. The van der Waals surface area contributed by atoms with E-state index < -0.39 is 12.1 Å². The molecule has 0 aliphatic heterocycles. The summed E-state index contributed by atoms with van der Waals surface area (Å²) in [6.07, 6.45) is 63.3. The van der Waals surface area contributed by atoms with E-state index >= 15 is 0 Å². The van der Waals surface area contributed by atoms with E-state index in [1.54, 1.807) is 6.08 Å². The first kappa shape index (κ1) is 61.3. The Bertz CT molecular complexity index is 982. The highest BCUT2D eigenvalue weighted by Crippen LogP contribution is 2.16. The average Bonchev–Trinajstić information content (AvgIpc) is 3.28. The van der Waals surface area contributed by atoms with Crippen molar-refractivity contribution in [2.24, 2.45) is 0 Å². The van der Waals surface area contributed by atoms with Gasteiger partial charge >= 0.3 is 5.97 Å². The van der Waals surface area contributed by atoms with Crippen LogP contribution in [0.5, 0.6) is 0 Å². The molecule has 0 aromatic heterocycles. The fourth-order valence-corrected chi connectivity index (χ4v) is 8.63. The molecule has 0 saturated carbocycles. The zero-order valence-electron chi connectivity index (χ0n) is 42.3. The number of ether oxygens (including phenoxy) is 1. The lowest BCUT2D eigenvalue weighted by molar-refractivity contribution is -0.143. The Morgan fingerprint density at radius 2 is 0.746 bits per heavy atom. The van der Waals surface area contributed by atoms with Crippen molar-refractivity contribution in [1.29, 1.82) is 0 Å². The lowest BCUT2D eigenvalue weighted by Crippen LogP contribution is -2.45. The topological polar surface area (TPSA) is 95.9 Å². The van der Waals surface area contributed by atoms with Crippen LogP contribution < -0.4 is 5.32 Å². The number of carbonyl (C=O) groups is 2. The summed E-state index contributed by atoms with van der Waals surface area (Å²) in [6.45, 7) is 4.88. The minimum atomic E-state index is -0.861. The third-order valence-corrected chi connectivity index (χ3v) is 13.0. The van der Waals surface area contributed by atoms with Crippen molar-refractivity contribution in [2.75, 3.05) is 13.2 Å². The summed E-state index contributed by atoms with van der Waals surface area (Å²) in [7, 11) is 0. The van der Waals surface area contributed by atoms with E-state index in [9.17, 15) is 19.8 Å². The minimum absolute atomic E-state index is 0.0109. The molecule has 0 radical (unpaired) electrons. The van der Waals surface area contributed by atoms with E-state index in [0.29, 0.717) is 19.4 Å². The van der Waals surface area contributed by atoms with E-state index in [-0.39, 0.29) is 18.5 Å². The van der Waals surface area contributed by atoms with Crippen LogP contribution in [0.2, 0.25) is 0 Å². The Kier molecular flexibility index (Phi) is 51.6. The highest BCUT2D eigenvalue weighted by molar-refractivity contribution is 5.76. The van der Waals surface area contributed by atoms with E-state index in [4.69, 9.17) is 4.74 Å². The molecule has 3 N–H and O–H groups in total. The molecule has 1 amide bonds. The standard InChI is InChI=1S/C57H109NO5/c1-3-5-7-9-11-13-15-17-19-20-21-23-25-29-33-37-41-45-49-55(60)54(53-59)58-56(61)50-46-42-38-34-30-26-24-28-32-36-40-44-48-52-63-57(62)51-47-43-39-35-31-27-22-18-16-14-12-10-8-6-4-2/h26,30,45,49,54-55,59-60H,3-25,27-29,31-44,46-48,50-53H2,1-2H3,(H,58,61)/b30-26-,49-45+. The first-order chi connectivity index (χ1) is 31.0. The Hall–Kier alpha value is -1.66. The number of rotatable bonds is 52. The van der Waals surface area contributed by atoms with Crippen LogP contribution in [0, 0.1) is 0 Å². The molecule has 63 heavy (non-hydrogen) atoms. The molecule has 2 atom stereocenters. The van der Waals surface area contributed by atoms with Crippen molar-refractivity contribution >= 4 is 11.9 Å². The van der Waals surface area contributed by atoms with E-state index in [0.717, 1.165) is 70.6 Å². The highest BCUT2D eigenvalue weighted by Gasteiger charge is 2.18. The molecule has 2 unspecified atom stereocenters. The van der Waals surface area contributed by atoms with Crippen LogP contribution in [0.1, 0.15) is 303 Å². The van der Waals surface area contributed by atoms with Gasteiger partial charge in [-0.15, -0.1) is 0 Å². The van der Waals surface area contributed by atoms with Gasteiger partial charge in [-0.1, -0.05) is 256 Å². The Morgan fingerprint density at radius 1 is 0.429 bits per heavy atom. The van der Waals surface area contributed by atoms with Crippen LogP contribution in [0.4, 0.5) is 0 Å². The van der Waals surface area contributed by atoms with Gasteiger partial charge in [0.25, 0.3) is 0 Å². The molecular formula is C57H109NO5. The molecule has 0 saturated heterocycles. The highest BCUT2D eigenvalue weighted by atomic mass is 16.5. The summed E-state index contributed by atoms with van der Waals surface area (Å²) in [4.78, 5) is 24.5. The van der Waals surface area contributed by atoms with E-state index in [1.165, 1.54) is 205 Å². The SMILES string of the molecule is CCCCCCCCCCCCCCCCCC/C=C/C(O)C(CO)NC(=O)CCCCC/C=C\CCCCCCCCOC(=O)CCCCCCCCCCCCCCCCC. The van der Waals surface area contributed by atoms with Gasteiger partial charge < -0.3 is 20.3 Å². The number of unbranched alkanes of at least 4 members (excludes halogenated alkanes) is 39. The molecule has 6 nitrogen and oxygen atoms in total. The summed E-state index contributed by atoms with van der Waals surface area (Å²) in [5.41, 5.74) is 0. The van der Waals surface area contributed by atoms with Crippen molar-refractivity contribution in [3.05, 3.63) is 24.3 Å². The van der Waals surface area contributed by atoms with Crippen LogP contribution >= 0.6 is 0 Å². The first-order valence-electron chi connectivity index (χ1n) is 28.1. The number of nitrogens with one attached hydrogen (secondary N) is 1. The predicted octanol–water partition coefficient (Wildman–Crippen LogP) is 17.1. The van der Waals surface area contributed by atoms with Gasteiger partial charge in [0.1, 0.15) is 0 Å². The maximum atomic E-state index is 12.4. The maximum Gasteiger partial charge on any atom is 0.305 e. The average molecular weight is 889 g/mol. The molecule has 0 aromatic carbocycles. The fraction of sp³-hybridized carbons (Fsp3) is 0.895. The van der Waals surface area contributed by atoms with Gasteiger partial charge in [0.15, 0.2) is 0 Å². The van der Waals surface area contributed by atoms with Gasteiger partial charge in [0.2, 0.25) is 5.91 Å². The van der Waals surface area contributed by atoms with Crippen LogP contribution in [0.25, 0.3) is 0 Å². The second-order valence-electron chi connectivity index (χ2n) is 19.3. The second kappa shape index (κ2) is 53.0. The Morgan fingerprint density at radius 3 is 1.14 bits per heavy atom. The normalized spacial score (nSPS) is 12.8. The Labute approximate surface area is 392 Å². The van der Waals surface area contributed by atoms with Crippen LogP contribution in [-0.4, -0.2) is 47.4 Å². The summed E-state index contributed by atoms with van der Waals surface area (Å²) < 4.78 is 5.46. The second-order valence-corrected chi connectivity index (χ2v) is 19.3. The van der Waals surface area contributed by atoms with Gasteiger partial charge in [-0.2, -0.15) is 0 Å². The quantitative estimate of drug-likeness (QED) is 0.0321. The molecule has 0 aliphatic rings. The number of hydrogen-bond donors (Lipinski definition) is 3. The molecule has 0 aromatic rings. The van der Waals surface area contributed by atoms with Gasteiger partial charge in [0.05, 0.1) is 25.4 Å². The number of carbonyl (C=O) groups excluding carboxylic acids is 2. The van der Waals surface area contributed by atoms with E-state index in [2.05, 4.69) is 31.3 Å². The third kappa shape index (κ3) is 49.6. The van der Waals surface area contributed by atoms with Crippen molar-refractivity contribution in [3.8, 4) is 0 Å². The molecule has 0 aliphatic carbocycles. The van der Waals surface area contributed by atoms with Crippen molar-refractivity contribution in [1.82, 2.24) is 5.32 Å². The van der Waals surface area contributed by atoms with Gasteiger partial charge in [0, 0.05) is 12.8 Å². The minimum Gasteiger partial charge on any atom is -0.466 e. The van der Waals surface area contributed by atoms with E-state index in [1.807, 2.05) is 6.08 Å². The van der Waals surface area contributed by atoms with Crippen LogP contribution in [-0.2, 0) is 14.3 Å². The van der Waals surface area contributed by atoms with Crippen LogP contribution in [0.3, 0.4) is 0 Å². The lowest BCUT2D eigenvalue weighted by atomic mass is 10.0. The number of esters is 1. The number of amides is 1. The summed E-state index contributed by atoms with van der Waals surface area (Å²) in [5, 5.41) is 23.1. The molecule has 0 bridgehead atoms. The molecule has 372 valence electrons. The molecule has 0 heterocycles. The lowest BCUT2D eigenvalue weighted by Gasteiger charge is -2.19. The molecule has 0 spiro atoms. The van der Waals surface area contributed by atoms with Gasteiger partial charge in [-0.25, -0.2) is 0 Å². The zero-order chi connectivity index (χ0) is 45.8. The summed E-state index contributed by atoms with van der Waals surface area (Å²) >= 11 is 0. The predicted molar refractivity (Wildman–Crippen MR) is 273 cm³/mol. The van der Waals surface area contributed by atoms with Crippen molar-refractivity contribution < 1.29 is 24.5 Å². The third-order valence-electron chi connectivity index (χ3n) is 13.0. The van der Waals surface area contributed by atoms with Gasteiger partial charge in [-0.05, 0) is 57.8 Å². The zero-order valence-corrected chi connectivity index (χ0v) is 42.3. The fourth-order valence-electron chi connectivity index (χ4n) is 8.63. The summed E-state index contributed by atoms with van der Waals surface area (Å²) in [5.74, 6) is -0.107. The molecular weight excluding hydrogens is 779 g/mol. The molecule has 6 heteroatoms. The van der Waals surface area contributed by atoms with Crippen molar-refractivity contribution in [2.45, 2.75) is 315 Å². The van der Waals surface area contributed by atoms with Crippen molar-refractivity contribution in [3.63, 3.8) is 0 Å². The number of allylic oxidation sites excluding steroid dienone is 3. The number of hydrogen-bond acceptors (Lipinski definition) is 5. The van der Waals surface area contributed by atoms with Gasteiger partial charge in [-0.3, -0.25) is 9.59 Å². The largest absolute Gasteiger partial charge is 0.466 e. The molecule has 0 rings (SSSR count). The number of aliphatic hydroxyl groups excluding tert-OH is 2. The first-order valence-corrected chi connectivity index (χ1v) is 28.1.